The van der Waals surface area contributed by atoms with Gasteiger partial charge in [0.15, 0.2) is 0 Å². The minimum atomic E-state index is 0.512. The van der Waals surface area contributed by atoms with E-state index in [4.69, 9.17) is 14.9 Å². The zero-order chi connectivity index (χ0) is 11.9. The van der Waals surface area contributed by atoms with E-state index >= 15 is 0 Å². The fourth-order valence-electron chi connectivity index (χ4n) is 1.47. The summed E-state index contributed by atoms with van der Waals surface area (Å²) in [5.41, 5.74) is 6.73. The predicted octanol–water partition coefficient (Wildman–Crippen LogP) is 2.25. The quantitative estimate of drug-likeness (QED) is 0.814. The number of aryl methyl sites for hydroxylation is 1. The Morgan fingerprint density at radius 1 is 1.29 bits per heavy atom. The smallest absolute Gasteiger partial charge is 0.208 e. The van der Waals surface area contributed by atoms with Gasteiger partial charge in [-0.05, 0) is 29.7 Å². The van der Waals surface area contributed by atoms with Crippen LogP contribution in [-0.4, -0.2) is 18.3 Å². The van der Waals surface area contributed by atoms with Crippen LogP contribution < -0.4 is 5.73 Å². The topological polar surface area (TPSA) is 47.7 Å². The highest BCUT2D eigenvalue weighted by molar-refractivity contribution is 7.98. The standard InChI is InChI=1S/C12H16N2O2S/c13-9-10-14-15-12(17-16-14)8-4-7-11-5-2-1-3-6-11/h1-3,5-6,8H,4,7,9-10,13H2/b12-8+. The molecule has 0 aromatic heterocycles. The molecule has 0 aliphatic carbocycles. The summed E-state index contributed by atoms with van der Waals surface area (Å²) in [6.45, 7) is 1.08. The summed E-state index contributed by atoms with van der Waals surface area (Å²) < 4.78 is 5.19. The number of hydrogen-bond acceptors (Lipinski definition) is 5. The second-order valence-corrected chi connectivity index (χ2v) is 4.36. The fourth-order valence-corrected chi connectivity index (χ4v) is 2.03. The molecule has 1 aromatic carbocycles. The highest BCUT2D eigenvalue weighted by Gasteiger charge is 2.19. The van der Waals surface area contributed by atoms with Crippen LogP contribution in [0.25, 0.3) is 0 Å². The van der Waals surface area contributed by atoms with Gasteiger partial charge < -0.3 is 10.6 Å². The Hall–Kier alpha value is -1.01. The van der Waals surface area contributed by atoms with E-state index in [1.54, 1.807) is 0 Å². The predicted molar refractivity (Wildman–Crippen MR) is 68.4 cm³/mol. The second kappa shape index (κ2) is 6.66. The minimum Gasteiger partial charge on any atom is -0.370 e. The maximum absolute atomic E-state index is 5.40. The first-order chi connectivity index (χ1) is 8.38. The van der Waals surface area contributed by atoms with Gasteiger partial charge in [0.05, 0.1) is 18.6 Å². The molecule has 1 heterocycles. The fraction of sp³-hybridized carbons (Fsp3) is 0.333. The van der Waals surface area contributed by atoms with Gasteiger partial charge in [-0.15, -0.1) is 0 Å². The van der Waals surface area contributed by atoms with Crippen LogP contribution in [-0.2, 0) is 15.5 Å². The van der Waals surface area contributed by atoms with Crippen molar-refractivity contribution in [2.45, 2.75) is 12.8 Å². The Bertz CT molecular complexity index is 370. The average molecular weight is 252 g/mol. The first-order valence-electron chi connectivity index (χ1n) is 5.63. The average Bonchev–Trinajstić information content (AvgIpc) is 2.79. The minimum absolute atomic E-state index is 0.512. The van der Waals surface area contributed by atoms with E-state index in [1.807, 2.05) is 12.1 Å². The van der Waals surface area contributed by atoms with E-state index in [-0.39, 0.29) is 0 Å². The van der Waals surface area contributed by atoms with Crippen molar-refractivity contribution in [1.82, 2.24) is 5.23 Å². The number of hydrogen-bond donors (Lipinski definition) is 1. The molecule has 2 N–H and O–H groups in total. The molecule has 1 aliphatic heterocycles. The summed E-state index contributed by atoms with van der Waals surface area (Å²) in [6.07, 6.45) is 3.98. The molecule has 4 nitrogen and oxygen atoms in total. The van der Waals surface area contributed by atoms with Crippen molar-refractivity contribution >= 4 is 12.0 Å². The first kappa shape index (κ1) is 12.4. The number of benzene rings is 1. The third-order valence-electron chi connectivity index (χ3n) is 2.29. The van der Waals surface area contributed by atoms with Crippen LogP contribution in [0.3, 0.4) is 0 Å². The van der Waals surface area contributed by atoms with Crippen LogP contribution in [0.2, 0.25) is 0 Å². The summed E-state index contributed by atoms with van der Waals surface area (Å²) >= 11 is 1.23. The first-order valence-corrected chi connectivity index (χ1v) is 6.37. The third-order valence-corrected chi connectivity index (χ3v) is 2.94. The zero-order valence-electron chi connectivity index (χ0n) is 9.54. The molecule has 0 saturated carbocycles. The van der Waals surface area contributed by atoms with Crippen LogP contribution >= 0.6 is 12.0 Å². The molecule has 1 fully saturated rings. The summed E-state index contributed by atoms with van der Waals surface area (Å²) in [4.78, 5) is 5.39. The van der Waals surface area contributed by atoms with Crippen molar-refractivity contribution in [1.29, 1.82) is 0 Å². The van der Waals surface area contributed by atoms with Crippen LogP contribution in [0, 0.1) is 0 Å². The Kier molecular flexibility index (Phi) is 4.88. The maximum Gasteiger partial charge on any atom is 0.208 e. The van der Waals surface area contributed by atoms with Crippen molar-refractivity contribution in [3.8, 4) is 0 Å². The summed E-state index contributed by atoms with van der Waals surface area (Å²) in [5.74, 6) is 0. The monoisotopic (exact) mass is 252 g/mol. The molecular weight excluding hydrogens is 236 g/mol. The molecule has 92 valence electrons. The Balaban J connectivity index is 1.75. The van der Waals surface area contributed by atoms with Gasteiger partial charge in [-0.3, -0.25) is 0 Å². The van der Waals surface area contributed by atoms with Crippen molar-refractivity contribution in [2.24, 2.45) is 5.73 Å². The lowest BCUT2D eigenvalue weighted by molar-refractivity contribution is -0.257. The van der Waals surface area contributed by atoms with Crippen molar-refractivity contribution in [3.63, 3.8) is 0 Å². The normalized spacial score (nSPS) is 18.5. The van der Waals surface area contributed by atoms with E-state index < -0.39 is 0 Å². The SMILES string of the molecule is NCCN1OS/C(=C/CCc2ccccc2)O1. The number of hydroxylamine groups is 2. The highest BCUT2D eigenvalue weighted by Crippen LogP contribution is 2.29. The molecule has 1 aliphatic rings. The lowest BCUT2D eigenvalue weighted by Crippen LogP contribution is -2.23. The molecule has 0 radical (unpaired) electrons. The lowest BCUT2D eigenvalue weighted by atomic mass is 10.1. The van der Waals surface area contributed by atoms with Crippen LogP contribution in [0.15, 0.2) is 41.5 Å². The van der Waals surface area contributed by atoms with Gasteiger partial charge in [-0.1, -0.05) is 30.3 Å². The molecule has 2 rings (SSSR count). The van der Waals surface area contributed by atoms with Gasteiger partial charge in [0.25, 0.3) is 0 Å². The van der Waals surface area contributed by atoms with Gasteiger partial charge >= 0.3 is 0 Å². The molecule has 1 aromatic rings. The van der Waals surface area contributed by atoms with Crippen LogP contribution in [0.5, 0.6) is 0 Å². The molecule has 0 unspecified atom stereocenters. The number of allylic oxidation sites excluding steroid dienone is 1. The van der Waals surface area contributed by atoms with Gasteiger partial charge in [0, 0.05) is 6.54 Å². The largest absolute Gasteiger partial charge is 0.370 e. The van der Waals surface area contributed by atoms with E-state index in [0.717, 1.165) is 17.9 Å². The zero-order valence-corrected chi connectivity index (χ0v) is 10.4. The Morgan fingerprint density at radius 3 is 2.88 bits per heavy atom. The molecular formula is C12H16N2O2S. The molecule has 0 bridgehead atoms. The summed E-state index contributed by atoms with van der Waals surface area (Å²) in [7, 11) is 0. The lowest BCUT2D eigenvalue weighted by Gasteiger charge is -2.07. The Morgan fingerprint density at radius 2 is 2.12 bits per heavy atom. The van der Waals surface area contributed by atoms with Gasteiger partial charge in [-0.25, -0.2) is 0 Å². The molecule has 17 heavy (non-hydrogen) atoms. The van der Waals surface area contributed by atoms with Crippen molar-refractivity contribution in [2.75, 3.05) is 13.1 Å². The van der Waals surface area contributed by atoms with Gasteiger partial charge in [0.2, 0.25) is 5.09 Å². The number of rotatable bonds is 5. The van der Waals surface area contributed by atoms with Crippen LogP contribution in [0.4, 0.5) is 0 Å². The molecule has 1 saturated heterocycles. The van der Waals surface area contributed by atoms with E-state index in [1.165, 1.54) is 22.8 Å². The maximum atomic E-state index is 5.40. The second-order valence-electron chi connectivity index (χ2n) is 3.64. The van der Waals surface area contributed by atoms with Gasteiger partial charge in [-0.2, -0.15) is 4.28 Å². The van der Waals surface area contributed by atoms with E-state index in [0.29, 0.717) is 13.1 Å². The highest BCUT2D eigenvalue weighted by atomic mass is 32.2. The van der Waals surface area contributed by atoms with Crippen LogP contribution in [0.1, 0.15) is 12.0 Å². The molecule has 5 heteroatoms. The van der Waals surface area contributed by atoms with E-state index in [2.05, 4.69) is 24.3 Å². The van der Waals surface area contributed by atoms with Gasteiger partial charge in [0.1, 0.15) is 0 Å². The van der Waals surface area contributed by atoms with E-state index in [9.17, 15) is 0 Å². The summed E-state index contributed by atoms with van der Waals surface area (Å²) in [5, 5.41) is 2.19. The molecule has 0 spiro atoms. The Labute approximate surface area is 105 Å². The molecule has 0 amide bonds. The number of nitrogens with two attached hydrogens (primary N) is 1. The van der Waals surface area contributed by atoms with Crippen molar-refractivity contribution < 1.29 is 9.12 Å². The van der Waals surface area contributed by atoms with Crippen molar-refractivity contribution in [3.05, 3.63) is 47.1 Å². The molecule has 0 atom stereocenters. The number of nitrogens with zero attached hydrogens (tertiary/aromatic N) is 1. The summed E-state index contributed by atoms with van der Waals surface area (Å²) in [6, 6.07) is 10.4. The third kappa shape index (κ3) is 4.05.